The van der Waals surface area contributed by atoms with Gasteiger partial charge in [0.1, 0.15) is 12.2 Å². The molecular formula is C9H11N3O2. The first kappa shape index (κ1) is 7.73. The lowest BCUT2D eigenvalue weighted by Gasteiger charge is -2.14. The van der Waals surface area contributed by atoms with Crippen molar-refractivity contribution in [1.29, 1.82) is 0 Å². The van der Waals surface area contributed by atoms with Crippen molar-refractivity contribution in [1.82, 2.24) is 9.78 Å². The molecule has 2 heterocycles. The maximum atomic E-state index is 11.4. The minimum atomic E-state index is -0.240. The standard InChI is InChI=1S/C9H9N3O2.H2/c13-7-3-8(14)12-9(11-7)6(4-10-12)5-1-2-5;/h4-5H,1-3H2,(H,11,13);1H. The zero-order valence-electron chi connectivity index (χ0n) is 7.49. The molecule has 1 aliphatic carbocycles. The van der Waals surface area contributed by atoms with E-state index in [9.17, 15) is 9.59 Å². The fourth-order valence-electron chi connectivity index (χ4n) is 1.76. The highest BCUT2D eigenvalue weighted by Crippen LogP contribution is 2.43. The van der Waals surface area contributed by atoms with E-state index in [0.29, 0.717) is 11.7 Å². The third-order valence-electron chi connectivity index (χ3n) is 2.62. The van der Waals surface area contributed by atoms with Crippen LogP contribution in [0.4, 0.5) is 5.82 Å². The lowest BCUT2D eigenvalue weighted by molar-refractivity contribution is -0.115. The van der Waals surface area contributed by atoms with Crippen molar-refractivity contribution in [3.63, 3.8) is 0 Å². The van der Waals surface area contributed by atoms with Crippen LogP contribution < -0.4 is 5.32 Å². The van der Waals surface area contributed by atoms with Crippen LogP contribution in [0, 0.1) is 0 Å². The molecule has 2 aliphatic rings. The van der Waals surface area contributed by atoms with Gasteiger partial charge in [-0.2, -0.15) is 9.78 Å². The number of rotatable bonds is 1. The van der Waals surface area contributed by atoms with Crippen LogP contribution in [0.15, 0.2) is 6.20 Å². The molecule has 1 N–H and O–H groups in total. The number of carbonyl (C=O) groups excluding carboxylic acids is 2. The second kappa shape index (κ2) is 2.43. The van der Waals surface area contributed by atoms with Gasteiger partial charge < -0.3 is 5.32 Å². The number of aromatic nitrogens is 2. The van der Waals surface area contributed by atoms with Gasteiger partial charge in [-0.25, -0.2) is 0 Å². The summed E-state index contributed by atoms with van der Waals surface area (Å²) in [5, 5.41) is 6.69. The fourth-order valence-corrected chi connectivity index (χ4v) is 1.76. The molecule has 1 aromatic rings. The Kier molecular flexibility index (Phi) is 1.34. The Labute approximate surface area is 81.6 Å². The van der Waals surface area contributed by atoms with Gasteiger partial charge in [0, 0.05) is 6.99 Å². The average molecular weight is 193 g/mol. The third kappa shape index (κ3) is 0.982. The predicted octanol–water partition coefficient (Wildman–Crippen LogP) is 0.989. The first-order valence-corrected chi connectivity index (χ1v) is 4.66. The predicted molar refractivity (Wildman–Crippen MR) is 50.2 cm³/mol. The summed E-state index contributed by atoms with van der Waals surface area (Å²) in [6, 6.07) is 0. The zero-order chi connectivity index (χ0) is 9.71. The molecule has 0 bridgehead atoms. The van der Waals surface area contributed by atoms with Gasteiger partial charge in [0.15, 0.2) is 0 Å². The summed E-state index contributed by atoms with van der Waals surface area (Å²) >= 11 is 0. The van der Waals surface area contributed by atoms with Crippen LogP contribution in [0.1, 0.15) is 37.0 Å². The van der Waals surface area contributed by atoms with Crippen LogP contribution >= 0.6 is 0 Å². The second-order valence-corrected chi connectivity index (χ2v) is 3.75. The van der Waals surface area contributed by atoms with Crippen LogP contribution in [0.25, 0.3) is 0 Å². The number of nitrogens with zero attached hydrogens (tertiary/aromatic N) is 2. The average Bonchev–Trinajstić information content (AvgIpc) is 2.87. The summed E-state index contributed by atoms with van der Waals surface area (Å²) < 4.78 is 1.30. The highest BCUT2D eigenvalue weighted by molar-refractivity contribution is 6.09. The van der Waals surface area contributed by atoms with Crippen molar-refractivity contribution in [2.45, 2.75) is 25.2 Å². The van der Waals surface area contributed by atoms with Gasteiger partial charge in [0.25, 0.3) is 5.91 Å². The van der Waals surface area contributed by atoms with E-state index >= 15 is 0 Å². The van der Waals surface area contributed by atoms with Crippen molar-refractivity contribution in [2.24, 2.45) is 0 Å². The first-order chi connectivity index (χ1) is 6.75. The van der Waals surface area contributed by atoms with Crippen LogP contribution in [0.5, 0.6) is 0 Å². The Morgan fingerprint density at radius 3 is 3.00 bits per heavy atom. The molecule has 0 aromatic carbocycles. The summed E-state index contributed by atoms with van der Waals surface area (Å²) in [5.74, 6) is 0.610. The van der Waals surface area contributed by atoms with Crippen LogP contribution in [-0.4, -0.2) is 21.6 Å². The van der Waals surface area contributed by atoms with Crippen molar-refractivity contribution < 1.29 is 11.0 Å². The maximum Gasteiger partial charge on any atom is 0.258 e. The van der Waals surface area contributed by atoms with Gasteiger partial charge in [-0.05, 0) is 18.8 Å². The summed E-state index contributed by atoms with van der Waals surface area (Å²) in [6.45, 7) is 0. The Morgan fingerprint density at radius 1 is 1.50 bits per heavy atom. The molecule has 1 saturated carbocycles. The van der Waals surface area contributed by atoms with Crippen molar-refractivity contribution >= 4 is 17.6 Å². The quantitative estimate of drug-likeness (QED) is 0.676. The minimum absolute atomic E-state index is 0. The van der Waals surface area contributed by atoms with Crippen molar-refractivity contribution in [2.75, 3.05) is 5.32 Å². The molecule has 0 spiro atoms. The number of anilines is 1. The molecular weight excluding hydrogens is 182 g/mol. The van der Waals surface area contributed by atoms with E-state index in [1.807, 2.05) is 0 Å². The molecule has 1 amide bonds. The Hall–Kier alpha value is -1.65. The molecule has 0 saturated heterocycles. The molecule has 3 rings (SSSR count). The molecule has 0 unspecified atom stereocenters. The van der Waals surface area contributed by atoms with E-state index in [4.69, 9.17) is 0 Å². The smallest absolute Gasteiger partial charge is 0.258 e. The van der Waals surface area contributed by atoms with E-state index in [-0.39, 0.29) is 19.7 Å². The highest BCUT2D eigenvalue weighted by atomic mass is 16.2. The van der Waals surface area contributed by atoms with Crippen LogP contribution in [-0.2, 0) is 4.79 Å². The lowest BCUT2D eigenvalue weighted by Crippen LogP contribution is -2.30. The van der Waals surface area contributed by atoms with E-state index < -0.39 is 0 Å². The van der Waals surface area contributed by atoms with Crippen molar-refractivity contribution in [3.8, 4) is 0 Å². The Balaban J connectivity index is 0.000000853. The van der Waals surface area contributed by atoms with Gasteiger partial charge in [0.05, 0.1) is 6.20 Å². The largest absolute Gasteiger partial charge is 0.310 e. The number of carbonyl (C=O) groups is 2. The number of nitrogens with one attached hydrogen (secondary N) is 1. The zero-order valence-corrected chi connectivity index (χ0v) is 7.49. The minimum Gasteiger partial charge on any atom is -0.310 e. The molecule has 5 heteroatoms. The van der Waals surface area contributed by atoms with Gasteiger partial charge in [-0.3, -0.25) is 9.59 Å². The van der Waals surface area contributed by atoms with Gasteiger partial charge in [0.2, 0.25) is 5.91 Å². The van der Waals surface area contributed by atoms with Crippen molar-refractivity contribution in [3.05, 3.63) is 11.8 Å². The van der Waals surface area contributed by atoms with E-state index in [1.165, 1.54) is 4.68 Å². The SMILES string of the molecule is O=C1CC(=O)n2ncc(C3CC3)c2N1.[HH]. The van der Waals surface area contributed by atoms with Crippen LogP contribution in [0.3, 0.4) is 0 Å². The summed E-state index contributed by atoms with van der Waals surface area (Å²) in [6.07, 6.45) is 3.85. The normalized spacial score (nSPS) is 20.6. The molecule has 1 fully saturated rings. The molecule has 14 heavy (non-hydrogen) atoms. The second-order valence-electron chi connectivity index (χ2n) is 3.75. The van der Waals surface area contributed by atoms with Gasteiger partial charge >= 0.3 is 0 Å². The van der Waals surface area contributed by atoms with Gasteiger partial charge in [-0.15, -0.1) is 0 Å². The molecule has 74 valence electrons. The van der Waals surface area contributed by atoms with Crippen LogP contribution in [0.2, 0.25) is 0 Å². The monoisotopic (exact) mass is 193 g/mol. The van der Waals surface area contributed by atoms with E-state index in [1.54, 1.807) is 6.20 Å². The number of hydrogen-bond acceptors (Lipinski definition) is 3. The molecule has 0 atom stereocenters. The lowest BCUT2D eigenvalue weighted by atomic mass is 10.2. The number of fused-ring (bicyclic) bond motifs is 1. The maximum absolute atomic E-state index is 11.4. The highest BCUT2D eigenvalue weighted by Gasteiger charge is 2.33. The Morgan fingerprint density at radius 2 is 2.29 bits per heavy atom. The first-order valence-electron chi connectivity index (χ1n) is 4.66. The Bertz CT molecular complexity index is 437. The number of hydrogen-bond donors (Lipinski definition) is 1. The number of amides is 1. The summed E-state index contributed by atoms with van der Waals surface area (Å²) in [5.41, 5.74) is 1.01. The van der Waals surface area contributed by atoms with E-state index in [2.05, 4.69) is 10.4 Å². The third-order valence-corrected chi connectivity index (χ3v) is 2.62. The molecule has 1 aromatic heterocycles. The summed E-state index contributed by atoms with van der Waals surface area (Å²) in [7, 11) is 0. The van der Waals surface area contributed by atoms with Gasteiger partial charge in [-0.1, -0.05) is 0 Å². The fraction of sp³-hybridized carbons (Fsp3) is 0.444. The van der Waals surface area contributed by atoms with E-state index in [0.717, 1.165) is 18.4 Å². The topological polar surface area (TPSA) is 64.0 Å². The summed E-state index contributed by atoms with van der Waals surface area (Å²) in [4.78, 5) is 22.5. The molecule has 5 nitrogen and oxygen atoms in total. The molecule has 1 aliphatic heterocycles. The molecule has 0 radical (unpaired) electrons.